The molecular weight excluding hydrogens is 204 g/mol. The first-order valence-electron chi connectivity index (χ1n) is 6.40. The van der Waals surface area contributed by atoms with Crippen LogP contribution in [0.4, 0.5) is 0 Å². The fourth-order valence-corrected chi connectivity index (χ4v) is 2.88. The largest absolute Gasteiger partial charge is 0.391 e. The van der Waals surface area contributed by atoms with E-state index in [9.17, 15) is 9.90 Å². The van der Waals surface area contributed by atoms with E-state index >= 15 is 0 Å². The summed E-state index contributed by atoms with van der Waals surface area (Å²) >= 11 is 0. The summed E-state index contributed by atoms with van der Waals surface area (Å²) in [6, 6.07) is 0. The molecular formula is C12H22N2O2. The van der Waals surface area contributed by atoms with Gasteiger partial charge in [0.2, 0.25) is 5.91 Å². The van der Waals surface area contributed by atoms with E-state index in [1.165, 1.54) is 0 Å². The molecule has 2 fully saturated rings. The van der Waals surface area contributed by atoms with Crippen LogP contribution in [-0.4, -0.2) is 47.2 Å². The van der Waals surface area contributed by atoms with Crippen LogP contribution in [0.2, 0.25) is 0 Å². The molecule has 1 amide bonds. The van der Waals surface area contributed by atoms with Crippen molar-refractivity contribution in [2.45, 2.75) is 50.7 Å². The van der Waals surface area contributed by atoms with Crippen LogP contribution in [0.25, 0.3) is 0 Å². The lowest BCUT2D eigenvalue weighted by molar-refractivity contribution is -0.141. The normalized spacial score (nSPS) is 35.4. The summed E-state index contributed by atoms with van der Waals surface area (Å²) in [5.74, 6) is 0.200. The molecule has 0 aromatic carbocycles. The average molecular weight is 226 g/mol. The third kappa shape index (κ3) is 2.09. The quantitative estimate of drug-likeness (QED) is 0.721. The molecule has 2 atom stereocenters. The van der Waals surface area contributed by atoms with Crippen molar-refractivity contribution in [3.8, 4) is 0 Å². The van der Waals surface area contributed by atoms with Crippen molar-refractivity contribution >= 4 is 5.91 Å². The first-order chi connectivity index (χ1) is 7.68. The minimum atomic E-state index is -0.336. The van der Waals surface area contributed by atoms with Gasteiger partial charge in [-0.25, -0.2) is 0 Å². The molecule has 0 radical (unpaired) electrons. The molecule has 0 aliphatic carbocycles. The zero-order chi connectivity index (χ0) is 11.6. The van der Waals surface area contributed by atoms with E-state index in [0.717, 1.165) is 45.2 Å². The van der Waals surface area contributed by atoms with Crippen molar-refractivity contribution in [3.63, 3.8) is 0 Å². The Bertz CT molecular complexity index is 262. The molecule has 2 aliphatic heterocycles. The third-order valence-electron chi connectivity index (χ3n) is 3.94. The highest BCUT2D eigenvalue weighted by Crippen LogP contribution is 2.26. The minimum Gasteiger partial charge on any atom is -0.391 e. The Labute approximate surface area is 97.0 Å². The zero-order valence-electron chi connectivity index (χ0n) is 10.0. The van der Waals surface area contributed by atoms with Gasteiger partial charge < -0.3 is 15.3 Å². The van der Waals surface area contributed by atoms with Crippen LogP contribution in [0.3, 0.4) is 0 Å². The predicted octanol–water partition coefficient (Wildman–Crippen LogP) is 0.502. The Hall–Kier alpha value is -0.610. The van der Waals surface area contributed by atoms with Crippen LogP contribution in [0, 0.1) is 0 Å². The van der Waals surface area contributed by atoms with Crippen molar-refractivity contribution in [2.75, 3.05) is 19.6 Å². The topological polar surface area (TPSA) is 52.6 Å². The standard InChI is InChI=1S/C12H22N2O2/c1-2-12(6-4-7-13-12)11(16)14-8-3-5-10(15)9-14/h10,13,15H,2-9H2,1H3. The minimum absolute atomic E-state index is 0.200. The summed E-state index contributed by atoms with van der Waals surface area (Å²) in [7, 11) is 0. The van der Waals surface area contributed by atoms with Crippen molar-refractivity contribution in [1.82, 2.24) is 10.2 Å². The molecule has 0 aromatic heterocycles. The summed E-state index contributed by atoms with van der Waals surface area (Å²) in [5, 5.41) is 13.0. The summed E-state index contributed by atoms with van der Waals surface area (Å²) in [6.45, 7) is 4.33. The van der Waals surface area contributed by atoms with Crippen LogP contribution in [0.5, 0.6) is 0 Å². The number of hydrogen-bond acceptors (Lipinski definition) is 3. The van der Waals surface area contributed by atoms with E-state index in [-0.39, 0.29) is 17.6 Å². The van der Waals surface area contributed by atoms with Crippen molar-refractivity contribution < 1.29 is 9.90 Å². The molecule has 2 saturated heterocycles. The van der Waals surface area contributed by atoms with Gasteiger partial charge in [-0.05, 0) is 38.6 Å². The van der Waals surface area contributed by atoms with Gasteiger partial charge in [-0.1, -0.05) is 6.92 Å². The number of carbonyl (C=O) groups excluding carboxylic acids is 1. The van der Waals surface area contributed by atoms with E-state index in [1.54, 1.807) is 0 Å². The number of aliphatic hydroxyl groups is 1. The first kappa shape index (κ1) is 11.9. The van der Waals surface area contributed by atoms with E-state index < -0.39 is 0 Å². The summed E-state index contributed by atoms with van der Waals surface area (Å²) in [5.41, 5.74) is -0.336. The molecule has 0 saturated carbocycles. The number of nitrogens with one attached hydrogen (secondary N) is 1. The number of nitrogens with zero attached hydrogens (tertiary/aromatic N) is 1. The van der Waals surface area contributed by atoms with Gasteiger partial charge in [0.25, 0.3) is 0 Å². The highest BCUT2D eigenvalue weighted by Gasteiger charge is 2.42. The van der Waals surface area contributed by atoms with Crippen LogP contribution in [0.1, 0.15) is 39.0 Å². The van der Waals surface area contributed by atoms with Gasteiger partial charge in [0, 0.05) is 13.1 Å². The van der Waals surface area contributed by atoms with Crippen molar-refractivity contribution in [1.29, 1.82) is 0 Å². The second-order valence-corrected chi connectivity index (χ2v) is 5.01. The van der Waals surface area contributed by atoms with Crippen LogP contribution in [-0.2, 0) is 4.79 Å². The van der Waals surface area contributed by atoms with Gasteiger partial charge in [-0.2, -0.15) is 0 Å². The molecule has 2 rings (SSSR count). The molecule has 2 unspecified atom stereocenters. The maximum atomic E-state index is 12.5. The van der Waals surface area contributed by atoms with E-state index in [4.69, 9.17) is 0 Å². The molecule has 0 bridgehead atoms. The van der Waals surface area contributed by atoms with Crippen LogP contribution < -0.4 is 5.32 Å². The Kier molecular flexibility index (Phi) is 3.50. The number of carbonyl (C=O) groups is 1. The molecule has 4 nitrogen and oxygen atoms in total. The maximum absolute atomic E-state index is 12.5. The molecule has 16 heavy (non-hydrogen) atoms. The van der Waals surface area contributed by atoms with Crippen molar-refractivity contribution in [2.24, 2.45) is 0 Å². The molecule has 0 spiro atoms. The lowest BCUT2D eigenvalue weighted by Gasteiger charge is -2.37. The van der Waals surface area contributed by atoms with Crippen molar-refractivity contribution in [3.05, 3.63) is 0 Å². The maximum Gasteiger partial charge on any atom is 0.242 e. The van der Waals surface area contributed by atoms with Gasteiger partial charge in [0.1, 0.15) is 0 Å². The van der Waals surface area contributed by atoms with E-state index in [2.05, 4.69) is 12.2 Å². The molecule has 0 aromatic rings. The van der Waals surface area contributed by atoms with E-state index in [0.29, 0.717) is 6.54 Å². The SMILES string of the molecule is CCC1(C(=O)N2CCCC(O)C2)CCCN1. The Morgan fingerprint density at radius 1 is 1.56 bits per heavy atom. The fourth-order valence-electron chi connectivity index (χ4n) is 2.88. The van der Waals surface area contributed by atoms with Gasteiger partial charge in [-0.3, -0.25) is 4.79 Å². The second kappa shape index (κ2) is 4.72. The Morgan fingerprint density at radius 3 is 2.94 bits per heavy atom. The number of likely N-dealkylation sites (tertiary alicyclic amines) is 1. The average Bonchev–Trinajstić information content (AvgIpc) is 2.78. The molecule has 2 N–H and O–H groups in total. The van der Waals surface area contributed by atoms with Gasteiger partial charge in [-0.15, -0.1) is 0 Å². The smallest absolute Gasteiger partial charge is 0.242 e. The fraction of sp³-hybridized carbons (Fsp3) is 0.917. The summed E-state index contributed by atoms with van der Waals surface area (Å²) in [4.78, 5) is 14.3. The second-order valence-electron chi connectivity index (χ2n) is 5.01. The molecule has 2 heterocycles. The summed E-state index contributed by atoms with van der Waals surface area (Å²) in [6.07, 6.45) is 4.29. The Morgan fingerprint density at radius 2 is 2.38 bits per heavy atom. The number of amides is 1. The van der Waals surface area contributed by atoms with Gasteiger partial charge >= 0.3 is 0 Å². The first-order valence-corrected chi connectivity index (χ1v) is 6.40. The highest BCUT2D eigenvalue weighted by atomic mass is 16.3. The van der Waals surface area contributed by atoms with Gasteiger partial charge in [0.15, 0.2) is 0 Å². The Balaban J connectivity index is 2.04. The number of piperidine rings is 1. The third-order valence-corrected chi connectivity index (χ3v) is 3.94. The zero-order valence-corrected chi connectivity index (χ0v) is 10.0. The van der Waals surface area contributed by atoms with Crippen LogP contribution in [0.15, 0.2) is 0 Å². The number of aliphatic hydroxyl groups excluding tert-OH is 1. The lowest BCUT2D eigenvalue weighted by Crippen LogP contribution is -2.57. The number of β-amino-alcohol motifs (C(OH)–C–C–N with tert-alkyl or cyclic N) is 1. The predicted molar refractivity (Wildman–Crippen MR) is 62.1 cm³/mol. The number of rotatable bonds is 2. The van der Waals surface area contributed by atoms with Crippen LogP contribution >= 0.6 is 0 Å². The van der Waals surface area contributed by atoms with Gasteiger partial charge in [0.05, 0.1) is 11.6 Å². The molecule has 2 aliphatic rings. The highest BCUT2D eigenvalue weighted by molar-refractivity contribution is 5.86. The lowest BCUT2D eigenvalue weighted by atomic mass is 9.91. The number of hydrogen-bond donors (Lipinski definition) is 2. The summed E-state index contributed by atoms with van der Waals surface area (Å²) < 4.78 is 0. The van der Waals surface area contributed by atoms with E-state index in [1.807, 2.05) is 4.90 Å². The monoisotopic (exact) mass is 226 g/mol. The molecule has 92 valence electrons. The molecule has 4 heteroatoms.